The summed E-state index contributed by atoms with van der Waals surface area (Å²) in [6, 6.07) is 17.5. The molecule has 0 saturated heterocycles. The highest BCUT2D eigenvalue weighted by Crippen LogP contribution is 2.23. The second-order valence-corrected chi connectivity index (χ2v) is 7.78. The van der Waals surface area contributed by atoms with E-state index in [1.54, 1.807) is 7.05 Å². The van der Waals surface area contributed by atoms with Gasteiger partial charge in [0.15, 0.2) is 11.2 Å². The fourth-order valence-corrected chi connectivity index (χ4v) is 3.83. The molecule has 8 heteroatoms. The van der Waals surface area contributed by atoms with Crippen molar-refractivity contribution in [3.63, 3.8) is 0 Å². The molecule has 4 aromatic rings. The van der Waals surface area contributed by atoms with E-state index in [9.17, 15) is 9.59 Å². The Morgan fingerprint density at radius 3 is 2.37 bits per heavy atom. The highest BCUT2D eigenvalue weighted by atomic mass is 35.5. The van der Waals surface area contributed by atoms with Crippen molar-refractivity contribution in [3.05, 3.63) is 91.6 Å². The normalized spacial score (nSPS) is 11.2. The third-order valence-corrected chi connectivity index (χ3v) is 5.40. The molecule has 0 spiro atoms. The van der Waals surface area contributed by atoms with E-state index in [1.165, 1.54) is 11.6 Å². The van der Waals surface area contributed by atoms with Crippen LogP contribution in [-0.4, -0.2) is 25.7 Å². The van der Waals surface area contributed by atoms with Gasteiger partial charge in [-0.25, -0.2) is 4.79 Å². The molecule has 0 aliphatic carbocycles. The quantitative estimate of drug-likeness (QED) is 0.495. The summed E-state index contributed by atoms with van der Waals surface area (Å²) in [6.45, 7) is 1.01. The van der Waals surface area contributed by atoms with Crippen LogP contribution in [0.4, 0.5) is 5.95 Å². The number of benzene rings is 2. The topological polar surface area (TPSA) is 65.1 Å². The van der Waals surface area contributed by atoms with Crippen LogP contribution >= 0.6 is 11.6 Å². The Balaban J connectivity index is 1.92. The minimum absolute atomic E-state index is 0.361. The maximum absolute atomic E-state index is 13.0. The van der Waals surface area contributed by atoms with Crippen molar-refractivity contribution in [2.45, 2.75) is 13.1 Å². The first-order valence-electron chi connectivity index (χ1n) is 9.52. The van der Waals surface area contributed by atoms with Crippen molar-refractivity contribution in [3.8, 4) is 0 Å². The minimum atomic E-state index is -0.405. The predicted molar refractivity (Wildman–Crippen MR) is 119 cm³/mol. The Hall–Kier alpha value is -3.32. The molecule has 0 atom stereocenters. The number of fused-ring (bicyclic) bond motifs is 1. The summed E-state index contributed by atoms with van der Waals surface area (Å²) in [7, 11) is 5.03. The molecule has 30 heavy (non-hydrogen) atoms. The van der Waals surface area contributed by atoms with Gasteiger partial charge in [0.25, 0.3) is 5.56 Å². The molecule has 0 amide bonds. The average molecular weight is 424 g/mol. The Morgan fingerprint density at radius 1 is 0.967 bits per heavy atom. The molecule has 0 saturated carbocycles. The summed E-state index contributed by atoms with van der Waals surface area (Å²) in [5, 5.41) is 0.622. The van der Waals surface area contributed by atoms with Gasteiger partial charge in [0.05, 0.1) is 6.54 Å². The van der Waals surface area contributed by atoms with Crippen LogP contribution in [0.5, 0.6) is 0 Å². The van der Waals surface area contributed by atoms with Crippen molar-refractivity contribution < 1.29 is 0 Å². The van der Waals surface area contributed by atoms with E-state index in [1.807, 2.05) is 71.1 Å². The van der Waals surface area contributed by atoms with Gasteiger partial charge in [-0.15, -0.1) is 0 Å². The number of hydrogen-bond acceptors (Lipinski definition) is 4. The SMILES string of the molecule is CN(Cc1ccccc1)c1nc2c(c(=O)n(C)c(=O)n2C)n1Cc1cccc(Cl)c1. The summed E-state index contributed by atoms with van der Waals surface area (Å²) in [4.78, 5) is 32.1. The first-order chi connectivity index (χ1) is 14.4. The Kier molecular flexibility index (Phi) is 5.22. The fourth-order valence-electron chi connectivity index (χ4n) is 3.62. The Bertz CT molecular complexity index is 1340. The van der Waals surface area contributed by atoms with Gasteiger partial charge in [0.1, 0.15) is 0 Å². The van der Waals surface area contributed by atoms with Crippen LogP contribution in [0.2, 0.25) is 5.02 Å². The molecule has 2 heterocycles. The molecular formula is C22H22ClN5O2. The van der Waals surface area contributed by atoms with E-state index in [-0.39, 0.29) is 5.56 Å². The zero-order valence-electron chi connectivity index (χ0n) is 17.0. The Morgan fingerprint density at radius 2 is 1.67 bits per heavy atom. The van der Waals surface area contributed by atoms with E-state index in [0.29, 0.717) is 35.2 Å². The maximum Gasteiger partial charge on any atom is 0.332 e. The van der Waals surface area contributed by atoms with Gasteiger partial charge in [0, 0.05) is 32.7 Å². The smallest absolute Gasteiger partial charge is 0.332 e. The van der Waals surface area contributed by atoms with E-state index < -0.39 is 5.69 Å². The Labute approximate surface area is 178 Å². The first-order valence-corrected chi connectivity index (χ1v) is 9.90. The second kappa shape index (κ2) is 7.84. The van der Waals surface area contributed by atoms with Crippen molar-refractivity contribution in [1.29, 1.82) is 0 Å². The molecule has 0 radical (unpaired) electrons. The standard InChI is InChI=1S/C22H22ClN5O2/c1-25(13-15-8-5-4-6-9-15)21-24-19-18(20(29)27(3)22(30)26(19)2)28(21)14-16-10-7-11-17(23)12-16/h4-12H,13-14H2,1-3H3. The summed E-state index contributed by atoms with van der Waals surface area (Å²) < 4.78 is 4.37. The number of nitrogens with zero attached hydrogens (tertiary/aromatic N) is 5. The average Bonchev–Trinajstić information content (AvgIpc) is 3.11. The molecular weight excluding hydrogens is 402 g/mol. The highest BCUT2D eigenvalue weighted by Gasteiger charge is 2.21. The molecule has 0 unspecified atom stereocenters. The molecule has 2 aromatic carbocycles. The number of halogens is 1. The lowest BCUT2D eigenvalue weighted by molar-refractivity contribution is 0.701. The molecule has 0 bridgehead atoms. The van der Waals surface area contributed by atoms with Gasteiger partial charge < -0.3 is 4.90 Å². The summed E-state index contributed by atoms with van der Waals surface area (Å²) in [5.41, 5.74) is 2.02. The molecule has 2 aromatic heterocycles. The zero-order chi connectivity index (χ0) is 21.4. The fraction of sp³-hybridized carbons (Fsp3) is 0.227. The van der Waals surface area contributed by atoms with Crippen molar-refractivity contribution in [2.24, 2.45) is 14.1 Å². The molecule has 154 valence electrons. The molecule has 0 N–H and O–H groups in total. The number of anilines is 1. The zero-order valence-corrected chi connectivity index (χ0v) is 17.8. The molecule has 7 nitrogen and oxygen atoms in total. The van der Waals surface area contributed by atoms with Gasteiger partial charge in [-0.05, 0) is 23.3 Å². The van der Waals surface area contributed by atoms with Crippen LogP contribution in [0.1, 0.15) is 11.1 Å². The second-order valence-electron chi connectivity index (χ2n) is 7.35. The van der Waals surface area contributed by atoms with Crippen molar-refractivity contribution in [1.82, 2.24) is 18.7 Å². The molecule has 0 fully saturated rings. The van der Waals surface area contributed by atoms with Crippen molar-refractivity contribution in [2.75, 3.05) is 11.9 Å². The number of hydrogen-bond donors (Lipinski definition) is 0. The van der Waals surface area contributed by atoms with Crippen LogP contribution in [0.15, 0.2) is 64.2 Å². The van der Waals surface area contributed by atoms with Gasteiger partial charge in [-0.3, -0.25) is 18.5 Å². The molecule has 0 aliphatic heterocycles. The van der Waals surface area contributed by atoms with E-state index in [4.69, 9.17) is 16.6 Å². The number of imidazole rings is 1. The van der Waals surface area contributed by atoms with Crippen LogP contribution in [0, 0.1) is 0 Å². The lowest BCUT2D eigenvalue weighted by Crippen LogP contribution is -2.37. The van der Waals surface area contributed by atoms with Crippen LogP contribution in [0.25, 0.3) is 11.2 Å². The van der Waals surface area contributed by atoms with Crippen LogP contribution in [-0.2, 0) is 27.2 Å². The summed E-state index contributed by atoms with van der Waals surface area (Å²) in [5.74, 6) is 0.604. The van der Waals surface area contributed by atoms with E-state index in [2.05, 4.69) is 0 Å². The van der Waals surface area contributed by atoms with Gasteiger partial charge in [0.2, 0.25) is 5.95 Å². The number of aryl methyl sites for hydroxylation is 1. The number of aromatic nitrogens is 4. The van der Waals surface area contributed by atoms with Crippen LogP contribution < -0.4 is 16.1 Å². The maximum atomic E-state index is 13.0. The molecule has 4 rings (SSSR count). The third kappa shape index (κ3) is 3.52. The first kappa shape index (κ1) is 20.0. The predicted octanol–water partition coefficient (Wildman–Crippen LogP) is 2.77. The van der Waals surface area contributed by atoms with Gasteiger partial charge in [-0.2, -0.15) is 4.98 Å². The summed E-state index contributed by atoms with van der Waals surface area (Å²) in [6.07, 6.45) is 0. The molecule has 0 aliphatic rings. The van der Waals surface area contributed by atoms with Crippen LogP contribution in [0.3, 0.4) is 0 Å². The van der Waals surface area contributed by atoms with Gasteiger partial charge in [-0.1, -0.05) is 54.1 Å². The summed E-state index contributed by atoms with van der Waals surface area (Å²) >= 11 is 6.17. The third-order valence-electron chi connectivity index (χ3n) is 5.16. The number of rotatable bonds is 5. The largest absolute Gasteiger partial charge is 0.341 e. The lowest BCUT2D eigenvalue weighted by atomic mass is 10.2. The van der Waals surface area contributed by atoms with Crippen molar-refractivity contribution >= 4 is 28.7 Å². The monoisotopic (exact) mass is 423 g/mol. The van der Waals surface area contributed by atoms with Gasteiger partial charge >= 0.3 is 5.69 Å². The minimum Gasteiger partial charge on any atom is -0.341 e. The van der Waals surface area contributed by atoms with E-state index in [0.717, 1.165) is 15.7 Å². The lowest BCUT2D eigenvalue weighted by Gasteiger charge is -2.20. The van der Waals surface area contributed by atoms with E-state index >= 15 is 0 Å². The highest BCUT2D eigenvalue weighted by molar-refractivity contribution is 6.30.